The van der Waals surface area contributed by atoms with E-state index in [-0.39, 0.29) is 5.78 Å². The Labute approximate surface area is 108 Å². The molecule has 0 aliphatic carbocycles. The van der Waals surface area contributed by atoms with Crippen molar-refractivity contribution < 1.29 is 9.36 Å². The van der Waals surface area contributed by atoms with E-state index in [2.05, 4.69) is 6.58 Å². The van der Waals surface area contributed by atoms with Crippen LogP contribution in [0.4, 0.5) is 0 Å². The van der Waals surface area contributed by atoms with Crippen molar-refractivity contribution in [1.29, 1.82) is 0 Å². The Balaban J connectivity index is 0.000000225. The van der Waals surface area contributed by atoms with Gasteiger partial charge in [0.05, 0.1) is 0 Å². The van der Waals surface area contributed by atoms with E-state index in [1.165, 1.54) is 0 Å². The molecule has 0 atom stereocenters. The highest BCUT2D eigenvalue weighted by atomic mass is 16.1. The third kappa shape index (κ3) is 5.21. The van der Waals surface area contributed by atoms with Crippen LogP contribution >= 0.6 is 0 Å². The van der Waals surface area contributed by atoms with Crippen LogP contribution < -0.4 is 4.57 Å². The van der Waals surface area contributed by atoms with E-state index < -0.39 is 0 Å². The standard InChI is InChI=1S/C10H12NO.C6H6/c1-3-6-11-7-4-10(5-8-11)9(2)12;1-2-4-6-5-3-1/h3-5,7-8H,1,6H2,2H3;1-6H/q+1;. The maximum atomic E-state index is 10.9. The van der Waals surface area contributed by atoms with Crippen molar-refractivity contribution in [2.45, 2.75) is 13.5 Å². The van der Waals surface area contributed by atoms with Crippen LogP contribution in [-0.2, 0) is 6.54 Å². The monoisotopic (exact) mass is 240 g/mol. The zero-order chi connectivity index (χ0) is 13.2. The van der Waals surface area contributed by atoms with Gasteiger partial charge in [-0.3, -0.25) is 4.79 Å². The number of benzene rings is 1. The van der Waals surface area contributed by atoms with Gasteiger partial charge in [-0.2, -0.15) is 0 Å². The van der Waals surface area contributed by atoms with Crippen LogP contribution in [-0.4, -0.2) is 5.78 Å². The second-order valence-corrected chi connectivity index (χ2v) is 3.78. The second-order valence-electron chi connectivity index (χ2n) is 3.78. The zero-order valence-electron chi connectivity index (χ0n) is 10.6. The summed E-state index contributed by atoms with van der Waals surface area (Å²) >= 11 is 0. The summed E-state index contributed by atoms with van der Waals surface area (Å²) in [4.78, 5) is 10.9. The van der Waals surface area contributed by atoms with Crippen molar-refractivity contribution in [2.75, 3.05) is 0 Å². The Morgan fingerprint density at radius 2 is 1.56 bits per heavy atom. The number of hydrogen-bond acceptors (Lipinski definition) is 1. The molecule has 0 saturated carbocycles. The fraction of sp³-hybridized carbons (Fsp3) is 0.125. The lowest BCUT2D eigenvalue weighted by molar-refractivity contribution is -0.687. The molecule has 1 aromatic carbocycles. The highest BCUT2D eigenvalue weighted by molar-refractivity contribution is 5.93. The Morgan fingerprint density at radius 3 is 1.89 bits per heavy atom. The minimum Gasteiger partial charge on any atom is -0.295 e. The van der Waals surface area contributed by atoms with Crippen LogP contribution in [0.15, 0.2) is 73.6 Å². The number of Topliss-reactive ketones (excluding diaryl/α,β-unsaturated/α-hetero) is 1. The smallest absolute Gasteiger partial charge is 0.169 e. The third-order valence-electron chi connectivity index (χ3n) is 2.30. The van der Waals surface area contributed by atoms with Gasteiger partial charge < -0.3 is 0 Å². The lowest BCUT2D eigenvalue weighted by Crippen LogP contribution is -2.31. The number of ketones is 1. The molecular formula is C16H18NO+. The molecule has 2 aromatic rings. The SMILES string of the molecule is C=CC[n+]1ccc(C(C)=O)cc1.c1ccccc1. The van der Waals surface area contributed by atoms with Gasteiger partial charge in [0.15, 0.2) is 24.7 Å². The summed E-state index contributed by atoms with van der Waals surface area (Å²) in [6.07, 6.45) is 5.56. The summed E-state index contributed by atoms with van der Waals surface area (Å²) in [7, 11) is 0. The molecule has 0 amide bonds. The van der Waals surface area contributed by atoms with Gasteiger partial charge in [0, 0.05) is 17.7 Å². The van der Waals surface area contributed by atoms with Crippen LogP contribution in [0.2, 0.25) is 0 Å². The van der Waals surface area contributed by atoms with Crippen LogP contribution in [0.3, 0.4) is 0 Å². The number of aromatic nitrogens is 1. The molecular weight excluding hydrogens is 222 g/mol. The fourth-order valence-electron chi connectivity index (χ4n) is 1.35. The van der Waals surface area contributed by atoms with Crippen LogP contribution in [0.25, 0.3) is 0 Å². The molecule has 0 radical (unpaired) electrons. The highest BCUT2D eigenvalue weighted by Gasteiger charge is 2.01. The summed E-state index contributed by atoms with van der Waals surface area (Å²) in [5.41, 5.74) is 0.746. The van der Waals surface area contributed by atoms with Gasteiger partial charge in [-0.15, -0.1) is 0 Å². The minimum absolute atomic E-state index is 0.0979. The first kappa shape index (κ1) is 13.8. The number of pyridine rings is 1. The van der Waals surface area contributed by atoms with Gasteiger partial charge in [-0.1, -0.05) is 43.0 Å². The first-order valence-electron chi connectivity index (χ1n) is 5.85. The largest absolute Gasteiger partial charge is 0.295 e. The van der Waals surface area contributed by atoms with Crippen molar-refractivity contribution in [3.63, 3.8) is 0 Å². The summed E-state index contributed by atoms with van der Waals surface area (Å²) in [6, 6.07) is 15.6. The van der Waals surface area contributed by atoms with Gasteiger partial charge in [-0.05, 0) is 13.0 Å². The van der Waals surface area contributed by atoms with Crippen molar-refractivity contribution >= 4 is 5.78 Å². The molecule has 0 fully saturated rings. The second kappa shape index (κ2) is 7.96. The van der Waals surface area contributed by atoms with Crippen LogP contribution in [0, 0.1) is 0 Å². The lowest BCUT2D eigenvalue weighted by Gasteiger charge is -1.93. The van der Waals surface area contributed by atoms with Gasteiger partial charge >= 0.3 is 0 Å². The molecule has 2 rings (SSSR count). The van der Waals surface area contributed by atoms with Crippen LogP contribution in [0.1, 0.15) is 17.3 Å². The first-order valence-corrected chi connectivity index (χ1v) is 5.85. The molecule has 0 spiro atoms. The topological polar surface area (TPSA) is 20.9 Å². The van der Waals surface area contributed by atoms with E-state index in [1.54, 1.807) is 6.92 Å². The number of rotatable bonds is 3. The van der Waals surface area contributed by atoms with E-state index in [0.717, 1.165) is 12.1 Å². The molecule has 0 aliphatic rings. The van der Waals surface area contributed by atoms with E-state index in [1.807, 2.05) is 71.6 Å². The quantitative estimate of drug-likeness (QED) is 0.459. The lowest BCUT2D eigenvalue weighted by atomic mass is 10.2. The predicted octanol–water partition coefficient (Wildman–Crippen LogP) is 3.05. The number of carbonyl (C=O) groups excluding carboxylic acids is 1. The third-order valence-corrected chi connectivity index (χ3v) is 2.30. The molecule has 0 unspecified atom stereocenters. The van der Waals surface area contributed by atoms with Gasteiger partial charge in [0.1, 0.15) is 0 Å². The molecule has 0 saturated heterocycles. The summed E-state index contributed by atoms with van der Waals surface area (Å²) in [5.74, 6) is 0.0979. The molecule has 0 N–H and O–H groups in total. The average molecular weight is 240 g/mol. The van der Waals surface area contributed by atoms with Gasteiger partial charge in [0.2, 0.25) is 0 Å². The Kier molecular flexibility index (Phi) is 6.12. The Hall–Kier alpha value is -2.22. The molecule has 0 aliphatic heterocycles. The fourth-order valence-corrected chi connectivity index (χ4v) is 1.35. The van der Waals surface area contributed by atoms with E-state index in [9.17, 15) is 4.79 Å². The zero-order valence-corrected chi connectivity index (χ0v) is 10.6. The summed E-state index contributed by atoms with van der Waals surface area (Å²) in [5, 5.41) is 0. The maximum Gasteiger partial charge on any atom is 0.169 e. The molecule has 2 heteroatoms. The number of carbonyl (C=O) groups is 1. The molecule has 92 valence electrons. The average Bonchev–Trinajstić information content (AvgIpc) is 2.42. The van der Waals surface area contributed by atoms with E-state index in [0.29, 0.717) is 0 Å². The van der Waals surface area contributed by atoms with Crippen molar-refractivity contribution in [1.82, 2.24) is 0 Å². The van der Waals surface area contributed by atoms with Crippen molar-refractivity contribution in [3.8, 4) is 0 Å². The predicted molar refractivity (Wildman–Crippen MR) is 73.3 cm³/mol. The summed E-state index contributed by atoms with van der Waals surface area (Å²) in [6.45, 7) is 5.96. The molecule has 0 bridgehead atoms. The van der Waals surface area contributed by atoms with Crippen molar-refractivity contribution in [3.05, 3.63) is 79.1 Å². The molecule has 1 heterocycles. The maximum absolute atomic E-state index is 10.9. The van der Waals surface area contributed by atoms with Crippen LogP contribution in [0.5, 0.6) is 0 Å². The molecule has 2 nitrogen and oxygen atoms in total. The number of allylic oxidation sites excluding steroid dienone is 1. The number of nitrogens with zero attached hydrogens (tertiary/aromatic N) is 1. The Bertz CT molecular complexity index is 448. The van der Waals surface area contributed by atoms with Crippen molar-refractivity contribution in [2.24, 2.45) is 0 Å². The first-order chi connectivity index (χ1) is 8.74. The van der Waals surface area contributed by atoms with Gasteiger partial charge in [-0.25, -0.2) is 4.57 Å². The minimum atomic E-state index is 0.0979. The molecule has 1 aromatic heterocycles. The Morgan fingerprint density at radius 1 is 1.11 bits per heavy atom. The number of hydrogen-bond donors (Lipinski definition) is 0. The highest BCUT2D eigenvalue weighted by Crippen LogP contribution is 1.95. The summed E-state index contributed by atoms with van der Waals surface area (Å²) < 4.78 is 1.96. The van der Waals surface area contributed by atoms with Gasteiger partial charge in [0.25, 0.3) is 0 Å². The van der Waals surface area contributed by atoms with E-state index in [4.69, 9.17) is 0 Å². The molecule has 18 heavy (non-hydrogen) atoms. The van der Waals surface area contributed by atoms with E-state index >= 15 is 0 Å². The normalized spacial score (nSPS) is 8.94.